The summed E-state index contributed by atoms with van der Waals surface area (Å²) in [4.78, 5) is 25.5. The van der Waals surface area contributed by atoms with Crippen molar-refractivity contribution in [3.8, 4) is 0 Å². The van der Waals surface area contributed by atoms with Crippen molar-refractivity contribution in [3.63, 3.8) is 0 Å². The van der Waals surface area contributed by atoms with E-state index in [2.05, 4.69) is 88.7 Å². The van der Waals surface area contributed by atoms with Gasteiger partial charge >= 0.3 is 0 Å². The second-order valence-electron chi connectivity index (χ2n) is 10.2. The van der Waals surface area contributed by atoms with Crippen LogP contribution in [0.4, 0.5) is 0 Å². The van der Waals surface area contributed by atoms with Crippen LogP contribution in [-0.2, 0) is 24.9 Å². The molecule has 3 heterocycles. The second-order valence-corrected chi connectivity index (χ2v) is 10.2. The Labute approximate surface area is 203 Å². The fourth-order valence-corrected chi connectivity index (χ4v) is 5.84. The highest BCUT2D eigenvalue weighted by atomic mass is 16.2. The third-order valence-electron chi connectivity index (χ3n) is 7.72. The van der Waals surface area contributed by atoms with Crippen LogP contribution in [0.5, 0.6) is 0 Å². The van der Waals surface area contributed by atoms with Crippen molar-refractivity contribution in [3.05, 3.63) is 66.0 Å². The number of benzene rings is 2. The largest absolute Gasteiger partial charge is 0.339 e. The van der Waals surface area contributed by atoms with E-state index in [0.717, 1.165) is 63.5 Å². The smallest absolute Gasteiger partial charge is 0.227 e. The van der Waals surface area contributed by atoms with E-state index in [4.69, 9.17) is 4.98 Å². The fourth-order valence-electron chi connectivity index (χ4n) is 5.84. The van der Waals surface area contributed by atoms with Crippen LogP contribution >= 0.6 is 0 Å². The van der Waals surface area contributed by atoms with Crippen molar-refractivity contribution in [2.24, 2.45) is 13.0 Å². The SMILES string of the molecule is C[C@@H]1CN(C(=O)[C@@H]2CCCN(Cc3nc4ccccc4n3C)C2)C[C@@H](C)N1Cc1ccccc1. The van der Waals surface area contributed by atoms with Crippen LogP contribution in [-0.4, -0.2) is 68.4 Å². The summed E-state index contributed by atoms with van der Waals surface area (Å²) in [5.74, 6) is 1.50. The molecule has 2 fully saturated rings. The number of hydrogen-bond donors (Lipinski definition) is 0. The highest BCUT2D eigenvalue weighted by Crippen LogP contribution is 2.25. The predicted molar refractivity (Wildman–Crippen MR) is 136 cm³/mol. The molecule has 0 bridgehead atoms. The maximum absolute atomic E-state index is 13.6. The first-order chi connectivity index (χ1) is 16.5. The molecule has 5 rings (SSSR count). The second kappa shape index (κ2) is 9.88. The van der Waals surface area contributed by atoms with E-state index < -0.39 is 0 Å². The first-order valence-electron chi connectivity index (χ1n) is 12.7. The Balaban J connectivity index is 1.21. The summed E-state index contributed by atoms with van der Waals surface area (Å²) in [6.45, 7) is 9.76. The minimum atomic E-state index is 0.0866. The van der Waals surface area contributed by atoms with Crippen LogP contribution in [0.15, 0.2) is 54.6 Å². The zero-order valence-electron chi connectivity index (χ0n) is 20.7. The minimum Gasteiger partial charge on any atom is -0.339 e. The number of rotatable bonds is 5. The summed E-state index contributed by atoms with van der Waals surface area (Å²) in [5, 5.41) is 0. The molecule has 2 aliphatic rings. The van der Waals surface area contributed by atoms with Gasteiger partial charge < -0.3 is 9.47 Å². The third-order valence-corrected chi connectivity index (χ3v) is 7.72. The number of fused-ring (bicyclic) bond motifs is 1. The lowest BCUT2D eigenvalue weighted by Crippen LogP contribution is -2.59. The van der Waals surface area contributed by atoms with Crippen LogP contribution in [0.3, 0.4) is 0 Å². The molecular weight excluding hydrogens is 422 g/mol. The molecule has 3 atom stereocenters. The minimum absolute atomic E-state index is 0.0866. The van der Waals surface area contributed by atoms with E-state index in [1.165, 1.54) is 11.1 Å². The van der Waals surface area contributed by atoms with Crippen molar-refractivity contribution in [2.75, 3.05) is 26.2 Å². The van der Waals surface area contributed by atoms with Gasteiger partial charge in [0.15, 0.2) is 0 Å². The number of nitrogens with zero attached hydrogens (tertiary/aromatic N) is 5. The lowest BCUT2D eigenvalue weighted by Gasteiger charge is -2.46. The summed E-state index contributed by atoms with van der Waals surface area (Å²) in [7, 11) is 2.09. The van der Waals surface area contributed by atoms with Crippen LogP contribution in [0.25, 0.3) is 11.0 Å². The van der Waals surface area contributed by atoms with Crippen LogP contribution in [0, 0.1) is 5.92 Å². The van der Waals surface area contributed by atoms with E-state index >= 15 is 0 Å². The molecule has 34 heavy (non-hydrogen) atoms. The van der Waals surface area contributed by atoms with E-state index in [0.29, 0.717) is 18.0 Å². The number of imidazole rings is 1. The van der Waals surface area contributed by atoms with E-state index in [-0.39, 0.29) is 5.92 Å². The van der Waals surface area contributed by atoms with Crippen molar-refractivity contribution >= 4 is 16.9 Å². The van der Waals surface area contributed by atoms with Crippen molar-refractivity contribution in [2.45, 2.75) is 51.9 Å². The monoisotopic (exact) mass is 459 g/mol. The zero-order chi connectivity index (χ0) is 23.7. The number of aromatic nitrogens is 2. The van der Waals surface area contributed by atoms with Gasteiger partial charge in [-0.2, -0.15) is 0 Å². The lowest BCUT2D eigenvalue weighted by molar-refractivity contribution is -0.142. The normalized spacial score (nSPS) is 24.6. The number of hydrogen-bond acceptors (Lipinski definition) is 4. The van der Waals surface area contributed by atoms with Gasteiger partial charge in [0.25, 0.3) is 0 Å². The van der Waals surface area contributed by atoms with Crippen LogP contribution in [0.2, 0.25) is 0 Å². The molecule has 6 heteroatoms. The van der Waals surface area contributed by atoms with Gasteiger partial charge in [-0.3, -0.25) is 14.6 Å². The Hall–Kier alpha value is -2.70. The molecule has 3 aromatic rings. The number of carbonyl (C=O) groups excluding carboxylic acids is 1. The van der Waals surface area contributed by atoms with Crippen molar-refractivity contribution in [1.82, 2.24) is 24.3 Å². The number of likely N-dealkylation sites (tertiary alicyclic amines) is 1. The molecule has 2 saturated heterocycles. The standard InChI is InChI=1S/C28H37N5O/c1-21-16-32(17-22(2)33(21)18-23-10-5-4-6-11-23)28(34)24-12-9-15-31(19-24)20-27-29-25-13-7-8-14-26(25)30(27)3/h4-8,10-11,13-14,21-22,24H,9,12,15-20H2,1-3H3/t21-,22-,24-/m1/s1. The third kappa shape index (κ3) is 4.75. The highest BCUT2D eigenvalue weighted by molar-refractivity contribution is 5.79. The number of piperidine rings is 1. The maximum atomic E-state index is 13.6. The molecule has 180 valence electrons. The highest BCUT2D eigenvalue weighted by Gasteiger charge is 2.36. The zero-order valence-corrected chi connectivity index (χ0v) is 20.7. The molecule has 6 nitrogen and oxygen atoms in total. The molecule has 0 saturated carbocycles. The predicted octanol–water partition coefficient (Wildman–Crippen LogP) is 3.91. The summed E-state index contributed by atoms with van der Waals surface area (Å²) < 4.78 is 2.19. The fraction of sp³-hybridized carbons (Fsp3) is 0.500. The molecular formula is C28H37N5O. The van der Waals surface area contributed by atoms with Gasteiger partial charge in [0.05, 0.1) is 23.5 Å². The summed E-state index contributed by atoms with van der Waals surface area (Å²) in [6, 6.07) is 19.7. The number of amides is 1. The number of aryl methyl sites for hydroxylation is 1. The van der Waals surface area contributed by atoms with Gasteiger partial charge in [-0.05, 0) is 50.9 Å². The van der Waals surface area contributed by atoms with Gasteiger partial charge in [-0.15, -0.1) is 0 Å². The first-order valence-corrected chi connectivity index (χ1v) is 12.7. The van der Waals surface area contributed by atoms with Crippen LogP contribution < -0.4 is 0 Å². The van der Waals surface area contributed by atoms with Crippen LogP contribution in [0.1, 0.15) is 38.1 Å². The topological polar surface area (TPSA) is 44.6 Å². The van der Waals surface area contributed by atoms with E-state index in [9.17, 15) is 4.79 Å². The average Bonchev–Trinajstić information content (AvgIpc) is 3.17. The number of para-hydroxylation sites is 2. The Morgan fingerprint density at radius 2 is 1.65 bits per heavy atom. The molecule has 0 radical (unpaired) electrons. The van der Waals surface area contributed by atoms with Gasteiger partial charge in [-0.1, -0.05) is 42.5 Å². The molecule has 0 N–H and O–H groups in total. The van der Waals surface area contributed by atoms with Gasteiger partial charge in [0, 0.05) is 45.3 Å². The van der Waals surface area contributed by atoms with E-state index in [1.54, 1.807) is 0 Å². The molecule has 0 spiro atoms. The molecule has 1 aromatic heterocycles. The lowest BCUT2D eigenvalue weighted by atomic mass is 9.95. The average molecular weight is 460 g/mol. The van der Waals surface area contributed by atoms with Crippen molar-refractivity contribution < 1.29 is 4.79 Å². The van der Waals surface area contributed by atoms with Gasteiger partial charge in [-0.25, -0.2) is 4.98 Å². The number of carbonyl (C=O) groups is 1. The first kappa shape index (κ1) is 23.1. The van der Waals surface area contributed by atoms with Crippen molar-refractivity contribution in [1.29, 1.82) is 0 Å². The van der Waals surface area contributed by atoms with Gasteiger partial charge in [0.2, 0.25) is 5.91 Å². The summed E-state index contributed by atoms with van der Waals surface area (Å²) >= 11 is 0. The Morgan fingerprint density at radius 3 is 2.38 bits per heavy atom. The van der Waals surface area contributed by atoms with Gasteiger partial charge in [0.1, 0.15) is 5.82 Å². The summed E-state index contributed by atoms with van der Waals surface area (Å²) in [5.41, 5.74) is 3.55. The quantitative estimate of drug-likeness (QED) is 0.580. The maximum Gasteiger partial charge on any atom is 0.227 e. The Kier molecular flexibility index (Phi) is 6.70. The molecule has 2 aromatic carbocycles. The molecule has 0 aliphatic carbocycles. The molecule has 2 aliphatic heterocycles. The number of piperazine rings is 1. The summed E-state index contributed by atoms with van der Waals surface area (Å²) in [6.07, 6.45) is 2.06. The Morgan fingerprint density at radius 1 is 0.941 bits per heavy atom. The molecule has 0 unspecified atom stereocenters. The Bertz CT molecular complexity index is 1110. The molecule has 1 amide bonds. The van der Waals surface area contributed by atoms with E-state index in [1.807, 2.05) is 6.07 Å².